The van der Waals surface area contributed by atoms with Crippen molar-refractivity contribution in [3.8, 4) is 0 Å². The van der Waals surface area contributed by atoms with Crippen molar-refractivity contribution >= 4 is 11.7 Å². The van der Waals surface area contributed by atoms with Crippen LogP contribution in [0.4, 0.5) is 26.7 Å². The lowest BCUT2D eigenvalue weighted by atomic mass is 10.2. The number of amides is 2. The van der Waals surface area contributed by atoms with E-state index in [0.717, 1.165) is 4.90 Å². The van der Waals surface area contributed by atoms with Gasteiger partial charge in [-0.3, -0.25) is 0 Å². The Morgan fingerprint density at radius 2 is 2.03 bits per heavy atom. The molecule has 2 aromatic heterocycles. The fraction of sp³-hybridized carbons (Fsp3) is 0.588. The molecule has 1 aliphatic carbocycles. The van der Waals surface area contributed by atoms with E-state index in [-0.39, 0.29) is 32.4 Å². The van der Waals surface area contributed by atoms with Gasteiger partial charge in [0.2, 0.25) is 0 Å². The third kappa shape index (κ3) is 4.11. The predicted molar refractivity (Wildman–Crippen MR) is 89.4 cm³/mol. The molecular weight excluding hydrogens is 401 g/mol. The van der Waals surface area contributed by atoms with Crippen molar-refractivity contribution in [3.05, 3.63) is 29.7 Å². The summed E-state index contributed by atoms with van der Waals surface area (Å²) < 4.78 is 72.1. The summed E-state index contributed by atoms with van der Waals surface area (Å²) in [4.78, 5) is 17.1. The van der Waals surface area contributed by atoms with Crippen LogP contribution >= 0.6 is 0 Å². The number of carbonyl (C=O) groups is 1. The van der Waals surface area contributed by atoms with E-state index in [9.17, 15) is 26.7 Å². The van der Waals surface area contributed by atoms with E-state index in [1.54, 1.807) is 12.3 Å². The van der Waals surface area contributed by atoms with Gasteiger partial charge in [-0.2, -0.15) is 18.3 Å². The zero-order valence-electron chi connectivity index (χ0n) is 15.2. The number of nitrogens with one attached hydrogen (secondary N) is 1. The minimum absolute atomic E-state index is 0.0320. The molecule has 1 aliphatic heterocycles. The highest BCUT2D eigenvalue weighted by molar-refractivity contribution is 5.75. The van der Waals surface area contributed by atoms with Gasteiger partial charge in [-0.25, -0.2) is 23.1 Å². The van der Waals surface area contributed by atoms with Gasteiger partial charge in [-0.1, -0.05) is 0 Å². The van der Waals surface area contributed by atoms with Crippen molar-refractivity contribution in [2.75, 3.05) is 19.7 Å². The molecule has 0 unspecified atom stereocenters. The van der Waals surface area contributed by atoms with Crippen LogP contribution in [0.15, 0.2) is 18.5 Å². The number of nitrogens with zero attached hydrogens (tertiary/aromatic N) is 4. The topological polar surface area (TPSA) is 71.8 Å². The minimum Gasteiger partial charge on any atom is -0.365 e. The van der Waals surface area contributed by atoms with Gasteiger partial charge in [0.05, 0.1) is 37.8 Å². The molecule has 29 heavy (non-hydrogen) atoms. The highest BCUT2D eigenvalue weighted by atomic mass is 19.4. The van der Waals surface area contributed by atoms with Gasteiger partial charge < -0.3 is 15.0 Å². The summed E-state index contributed by atoms with van der Waals surface area (Å²) in [7, 11) is 0. The number of hydrogen-bond acceptors (Lipinski definition) is 4. The van der Waals surface area contributed by atoms with Crippen molar-refractivity contribution < 1.29 is 31.5 Å². The van der Waals surface area contributed by atoms with Gasteiger partial charge >= 0.3 is 12.2 Å². The average molecular weight is 419 g/mol. The lowest BCUT2D eigenvalue weighted by molar-refractivity contribution is -0.235. The fourth-order valence-electron chi connectivity index (χ4n) is 3.22. The smallest absolute Gasteiger partial charge is 0.365 e. The molecule has 0 spiro atoms. The Hall–Kier alpha value is -2.50. The maximum Gasteiger partial charge on any atom is 0.417 e. The van der Waals surface area contributed by atoms with Crippen LogP contribution in [0.1, 0.15) is 24.1 Å². The van der Waals surface area contributed by atoms with Crippen molar-refractivity contribution in [2.24, 2.45) is 0 Å². The summed E-state index contributed by atoms with van der Waals surface area (Å²) in [5.74, 6) is -3.01. The average Bonchev–Trinajstić information content (AvgIpc) is 3.31. The Labute approximate surface area is 161 Å². The van der Waals surface area contributed by atoms with E-state index >= 15 is 0 Å². The quantitative estimate of drug-likeness (QED) is 0.731. The van der Waals surface area contributed by atoms with E-state index < -0.39 is 36.8 Å². The van der Waals surface area contributed by atoms with Crippen LogP contribution in [-0.2, 0) is 17.7 Å². The number of urea groups is 1. The number of ether oxygens (including phenoxy) is 1. The second-order valence-corrected chi connectivity index (χ2v) is 7.36. The summed E-state index contributed by atoms with van der Waals surface area (Å²) in [5.41, 5.74) is -0.615. The maximum absolute atomic E-state index is 13.5. The lowest BCUT2D eigenvalue weighted by Gasteiger charge is -2.32. The van der Waals surface area contributed by atoms with Gasteiger partial charge in [0.25, 0.3) is 5.92 Å². The molecule has 12 heteroatoms. The van der Waals surface area contributed by atoms with Crippen LogP contribution in [0.5, 0.6) is 0 Å². The van der Waals surface area contributed by atoms with Crippen LogP contribution in [0, 0.1) is 0 Å². The standard InChI is InChI=1S/C17H18F5N5O2/c18-16(19)9-23-14(28)26(10-16)7-11-5-13-25-12(8-27(13)24-6-11)1-4-29-15(2-3-15)17(20,21)22/h5-6,8H,1-4,7,9-10H2,(H,23,28). The molecule has 0 bridgehead atoms. The number of hydrogen-bond donors (Lipinski definition) is 1. The molecule has 0 aromatic carbocycles. The maximum atomic E-state index is 13.5. The van der Waals surface area contributed by atoms with Crippen LogP contribution in [0.3, 0.4) is 0 Å². The van der Waals surface area contributed by atoms with Crippen molar-refractivity contribution in [1.29, 1.82) is 0 Å². The Morgan fingerprint density at radius 3 is 2.72 bits per heavy atom. The molecule has 0 atom stereocenters. The van der Waals surface area contributed by atoms with Crippen molar-refractivity contribution in [2.45, 2.75) is 43.5 Å². The first-order valence-corrected chi connectivity index (χ1v) is 9.01. The van der Waals surface area contributed by atoms with Crippen molar-refractivity contribution in [1.82, 2.24) is 24.8 Å². The van der Waals surface area contributed by atoms with Crippen LogP contribution < -0.4 is 5.32 Å². The Balaban J connectivity index is 1.39. The lowest BCUT2D eigenvalue weighted by Crippen LogP contribution is -2.56. The summed E-state index contributed by atoms with van der Waals surface area (Å²) in [6.45, 7) is -1.58. The molecule has 0 radical (unpaired) electrons. The molecule has 2 aliphatic rings. The predicted octanol–water partition coefficient (Wildman–Crippen LogP) is 2.54. The Bertz CT molecular complexity index is 925. The molecular formula is C17H18F5N5O2. The largest absolute Gasteiger partial charge is 0.417 e. The zero-order chi connectivity index (χ0) is 20.9. The highest BCUT2D eigenvalue weighted by Crippen LogP contribution is 2.52. The first kappa shape index (κ1) is 19.8. The second-order valence-electron chi connectivity index (χ2n) is 7.36. The van der Waals surface area contributed by atoms with E-state index in [4.69, 9.17) is 4.74 Å². The number of aromatic nitrogens is 3. The number of fused-ring (bicyclic) bond motifs is 1. The van der Waals surface area contributed by atoms with Crippen LogP contribution in [0.2, 0.25) is 0 Å². The summed E-state index contributed by atoms with van der Waals surface area (Å²) in [6.07, 6.45) is -1.27. The molecule has 2 fully saturated rings. The van der Waals surface area contributed by atoms with Gasteiger partial charge in [-0.05, 0) is 24.5 Å². The third-order valence-electron chi connectivity index (χ3n) is 4.97. The molecule has 2 amide bonds. The number of carbonyl (C=O) groups excluding carboxylic acids is 1. The fourth-order valence-corrected chi connectivity index (χ4v) is 3.22. The monoisotopic (exact) mass is 419 g/mol. The number of imidazole rings is 1. The summed E-state index contributed by atoms with van der Waals surface area (Å²) in [6, 6.07) is 1.01. The normalized spacial score (nSPS) is 20.7. The van der Waals surface area contributed by atoms with Crippen LogP contribution in [0.25, 0.3) is 5.65 Å². The van der Waals surface area contributed by atoms with E-state index in [0.29, 0.717) is 16.9 Å². The van der Waals surface area contributed by atoms with Gasteiger partial charge in [0.15, 0.2) is 11.2 Å². The molecule has 158 valence electrons. The molecule has 4 rings (SSSR count). The SMILES string of the molecule is O=C1NCC(F)(F)CN1Cc1cnn2cc(CCOC3(C(F)(F)F)CC3)nc2c1. The van der Waals surface area contributed by atoms with Crippen molar-refractivity contribution in [3.63, 3.8) is 0 Å². The van der Waals surface area contributed by atoms with Gasteiger partial charge in [-0.15, -0.1) is 0 Å². The second kappa shape index (κ2) is 6.78. The van der Waals surface area contributed by atoms with E-state index in [2.05, 4.69) is 15.4 Å². The molecule has 7 nitrogen and oxygen atoms in total. The molecule has 1 saturated carbocycles. The molecule has 2 aromatic rings. The van der Waals surface area contributed by atoms with E-state index in [1.165, 1.54) is 10.7 Å². The third-order valence-corrected chi connectivity index (χ3v) is 4.97. The zero-order valence-corrected chi connectivity index (χ0v) is 15.2. The molecule has 1 saturated heterocycles. The highest BCUT2D eigenvalue weighted by Gasteiger charge is 2.64. The molecule has 3 heterocycles. The number of halogens is 5. The number of alkyl halides is 5. The van der Waals surface area contributed by atoms with Gasteiger partial charge in [0.1, 0.15) is 0 Å². The van der Waals surface area contributed by atoms with Crippen LogP contribution in [-0.4, -0.2) is 62.9 Å². The summed E-state index contributed by atoms with van der Waals surface area (Å²) in [5, 5.41) is 6.26. The Morgan fingerprint density at radius 1 is 1.28 bits per heavy atom. The summed E-state index contributed by atoms with van der Waals surface area (Å²) >= 11 is 0. The molecule has 1 N–H and O–H groups in total. The first-order valence-electron chi connectivity index (χ1n) is 9.01. The first-order chi connectivity index (χ1) is 13.6. The minimum atomic E-state index is -4.38. The van der Waals surface area contributed by atoms with E-state index in [1.807, 2.05) is 0 Å². The number of rotatable bonds is 6. The van der Waals surface area contributed by atoms with Gasteiger partial charge in [0, 0.05) is 13.0 Å². The Kier molecular flexibility index (Phi) is 4.63.